The first-order valence-corrected chi connectivity index (χ1v) is 15.3. The van der Waals surface area contributed by atoms with E-state index >= 15 is 0 Å². The Hall–Kier alpha value is -4.34. The van der Waals surface area contributed by atoms with Gasteiger partial charge in [0.15, 0.2) is 0 Å². The number of aryl methyl sites for hydroxylation is 1. The summed E-state index contributed by atoms with van der Waals surface area (Å²) in [7, 11) is 0. The van der Waals surface area contributed by atoms with E-state index in [0.29, 0.717) is 29.0 Å². The van der Waals surface area contributed by atoms with Crippen LogP contribution >= 0.6 is 0 Å². The van der Waals surface area contributed by atoms with Crippen molar-refractivity contribution in [2.45, 2.75) is 46.5 Å². The van der Waals surface area contributed by atoms with Gasteiger partial charge < -0.3 is 19.1 Å². The summed E-state index contributed by atoms with van der Waals surface area (Å²) >= 11 is 0. The molecule has 3 heterocycles. The quantitative estimate of drug-likeness (QED) is 0.151. The third-order valence-electron chi connectivity index (χ3n) is 8.38. The van der Waals surface area contributed by atoms with Crippen LogP contribution in [0.2, 0.25) is 0 Å². The molecule has 0 bridgehead atoms. The molecule has 0 fully saturated rings. The SMILES string of the molecule is [2H]C([2H])([2H])N1C=CN(c2[c-]c(Oc3[c-]c4c(cc3)c3ccccc3n4-c3cc(-c4c(C)cc(C(C)C)cc4C(C)C)ccn3)ccc2)[CH-]1.[Pt]. The van der Waals surface area contributed by atoms with Crippen molar-refractivity contribution < 1.29 is 29.9 Å². The van der Waals surface area contributed by atoms with Gasteiger partial charge in [0.25, 0.3) is 0 Å². The predicted molar refractivity (Wildman–Crippen MR) is 185 cm³/mol. The number of ether oxygens (including phenoxy) is 1. The van der Waals surface area contributed by atoms with Gasteiger partial charge in [0.1, 0.15) is 5.82 Å². The molecule has 5 nitrogen and oxygen atoms in total. The van der Waals surface area contributed by atoms with E-state index in [4.69, 9.17) is 13.8 Å². The number of pyridine rings is 1. The third kappa shape index (κ3) is 5.85. The molecule has 46 heavy (non-hydrogen) atoms. The Bertz CT molecular complexity index is 2190. The smallest absolute Gasteiger partial charge is 0.136 e. The number of hydrogen-bond acceptors (Lipinski definition) is 4. The van der Waals surface area contributed by atoms with Crippen LogP contribution in [0, 0.1) is 25.7 Å². The Morgan fingerprint density at radius 3 is 2.46 bits per heavy atom. The summed E-state index contributed by atoms with van der Waals surface area (Å²) in [6.45, 7) is 10.5. The Morgan fingerprint density at radius 2 is 1.67 bits per heavy atom. The van der Waals surface area contributed by atoms with E-state index in [1.807, 2.05) is 42.6 Å². The molecular weight excluding hydrogens is 748 g/mol. The zero-order valence-corrected chi connectivity index (χ0v) is 28.8. The molecule has 1 aliphatic heterocycles. The molecule has 7 rings (SSSR count). The number of aromatic nitrogens is 2. The predicted octanol–water partition coefficient (Wildman–Crippen LogP) is 10.1. The Kier molecular flexibility index (Phi) is 7.78. The largest absolute Gasteiger partial charge is 0.510 e. The molecule has 0 saturated heterocycles. The number of nitrogens with zero attached hydrogens (tertiary/aromatic N) is 4. The summed E-state index contributed by atoms with van der Waals surface area (Å²) in [6, 6.07) is 33.6. The normalized spacial score (nSPS) is 14.2. The first-order chi connectivity index (χ1) is 23.0. The summed E-state index contributed by atoms with van der Waals surface area (Å²) in [5.41, 5.74) is 8.89. The second kappa shape index (κ2) is 12.8. The number of benzene rings is 4. The van der Waals surface area contributed by atoms with Crippen LogP contribution in [0.15, 0.2) is 97.5 Å². The van der Waals surface area contributed by atoms with Crippen LogP contribution in [0.3, 0.4) is 0 Å². The topological polar surface area (TPSA) is 33.5 Å². The molecule has 1 aliphatic rings. The van der Waals surface area contributed by atoms with Gasteiger partial charge in [-0.3, -0.25) is 0 Å². The molecule has 0 aliphatic carbocycles. The summed E-state index contributed by atoms with van der Waals surface area (Å²) in [4.78, 5) is 7.77. The first-order valence-electron chi connectivity index (χ1n) is 16.8. The van der Waals surface area contributed by atoms with Crippen LogP contribution in [0.1, 0.15) is 60.3 Å². The first kappa shape index (κ1) is 27.9. The van der Waals surface area contributed by atoms with Gasteiger partial charge in [-0.25, -0.2) is 4.98 Å². The molecule has 2 aromatic heterocycles. The zero-order chi connectivity index (χ0) is 33.7. The van der Waals surface area contributed by atoms with E-state index < -0.39 is 6.98 Å². The molecule has 6 aromatic rings. The molecule has 0 saturated carbocycles. The van der Waals surface area contributed by atoms with Crippen molar-refractivity contribution in [3.05, 3.63) is 133 Å². The van der Waals surface area contributed by atoms with Crippen LogP contribution in [-0.2, 0) is 21.1 Å². The molecular formula is C40H37N4OPt-3. The minimum Gasteiger partial charge on any atom is -0.510 e. The Morgan fingerprint density at radius 1 is 0.848 bits per heavy atom. The summed E-state index contributed by atoms with van der Waals surface area (Å²) in [5, 5.41) is 2.15. The maximum absolute atomic E-state index is 7.68. The van der Waals surface area contributed by atoms with Crippen molar-refractivity contribution in [1.82, 2.24) is 14.5 Å². The maximum atomic E-state index is 7.68. The molecule has 0 unspecified atom stereocenters. The van der Waals surface area contributed by atoms with E-state index in [9.17, 15) is 0 Å². The third-order valence-corrected chi connectivity index (χ3v) is 8.38. The average molecular weight is 788 g/mol. The van der Waals surface area contributed by atoms with Crippen molar-refractivity contribution in [2.75, 3.05) is 11.9 Å². The van der Waals surface area contributed by atoms with Crippen LogP contribution in [0.4, 0.5) is 5.69 Å². The maximum Gasteiger partial charge on any atom is 0.136 e. The molecule has 0 atom stereocenters. The average Bonchev–Trinajstić information content (AvgIpc) is 3.68. The number of para-hydroxylation sites is 1. The Labute approximate surface area is 290 Å². The molecule has 236 valence electrons. The van der Waals surface area contributed by atoms with Gasteiger partial charge in [-0.05, 0) is 89.5 Å². The van der Waals surface area contributed by atoms with Crippen molar-refractivity contribution >= 4 is 27.5 Å². The fourth-order valence-electron chi connectivity index (χ4n) is 6.16. The molecule has 0 spiro atoms. The van der Waals surface area contributed by atoms with E-state index in [0.717, 1.165) is 33.2 Å². The van der Waals surface area contributed by atoms with Crippen molar-refractivity contribution in [2.24, 2.45) is 0 Å². The van der Waals surface area contributed by atoms with Gasteiger partial charge in [-0.2, -0.15) is 18.8 Å². The molecule has 0 amide bonds. The van der Waals surface area contributed by atoms with Crippen LogP contribution in [-0.4, -0.2) is 21.4 Å². The second-order valence-electron chi connectivity index (χ2n) is 12.2. The van der Waals surface area contributed by atoms with Crippen LogP contribution in [0.25, 0.3) is 38.8 Å². The number of rotatable bonds is 7. The number of anilines is 1. The van der Waals surface area contributed by atoms with Gasteiger partial charge in [0.05, 0.1) is 0 Å². The van der Waals surface area contributed by atoms with E-state index in [2.05, 4.69) is 93.8 Å². The van der Waals surface area contributed by atoms with Gasteiger partial charge in [-0.1, -0.05) is 63.5 Å². The van der Waals surface area contributed by atoms with E-state index in [-0.39, 0.29) is 21.1 Å². The van der Waals surface area contributed by atoms with Crippen molar-refractivity contribution in [3.63, 3.8) is 0 Å². The van der Waals surface area contributed by atoms with Gasteiger partial charge >= 0.3 is 0 Å². The van der Waals surface area contributed by atoms with Gasteiger partial charge in [-0.15, -0.1) is 41.4 Å². The monoisotopic (exact) mass is 787 g/mol. The number of fused-ring (bicyclic) bond motifs is 3. The van der Waals surface area contributed by atoms with Gasteiger partial charge in [0, 0.05) is 48.4 Å². The zero-order valence-electron chi connectivity index (χ0n) is 29.5. The molecule has 0 N–H and O–H groups in total. The van der Waals surface area contributed by atoms with Crippen molar-refractivity contribution in [3.8, 4) is 28.4 Å². The molecule has 6 heteroatoms. The molecule has 0 radical (unpaired) electrons. The van der Waals surface area contributed by atoms with Crippen LogP contribution < -0.4 is 9.64 Å². The Balaban J connectivity index is 0.00000417. The standard InChI is InChI=1S/C40H37N4O.Pt/c1-26(2)30-20-28(5)40(36(21-30)27(3)4)29-16-17-41-39(22-29)44-37-13-8-7-12-34(37)35-15-14-33(24-38(35)44)45-32-11-9-10-31(23-32)43-19-18-42(6)25-43;/h7-22,25-27H,1-6H3;/q-3;/i6D3;. The van der Waals surface area contributed by atoms with Crippen molar-refractivity contribution in [1.29, 1.82) is 0 Å². The fourth-order valence-corrected chi connectivity index (χ4v) is 6.16. The minimum absolute atomic E-state index is 0. The van der Waals surface area contributed by atoms with Gasteiger partial charge in [0.2, 0.25) is 0 Å². The minimum atomic E-state index is -2.26. The second-order valence-corrected chi connectivity index (χ2v) is 12.2. The summed E-state index contributed by atoms with van der Waals surface area (Å²) in [6.07, 6.45) is 5.09. The summed E-state index contributed by atoms with van der Waals surface area (Å²) < 4.78 is 31.5. The van der Waals surface area contributed by atoms with Crippen LogP contribution in [0.5, 0.6) is 11.5 Å². The number of hydrogen-bond donors (Lipinski definition) is 0. The van der Waals surface area contributed by atoms with E-state index in [1.54, 1.807) is 11.1 Å². The molecule has 4 aromatic carbocycles. The van der Waals surface area contributed by atoms with E-state index in [1.165, 1.54) is 40.0 Å². The fraction of sp³-hybridized carbons (Fsp3) is 0.200. The summed E-state index contributed by atoms with van der Waals surface area (Å²) in [5.74, 6) is 2.64.